The summed E-state index contributed by atoms with van der Waals surface area (Å²) >= 11 is 0. The fourth-order valence-electron chi connectivity index (χ4n) is 2.33. The Labute approximate surface area is 67.9 Å². The van der Waals surface area contributed by atoms with E-state index in [0.29, 0.717) is 6.10 Å². The predicted molar refractivity (Wildman–Crippen MR) is 42.4 cm³/mol. The Morgan fingerprint density at radius 3 is 2.82 bits per heavy atom. The average Bonchev–Trinajstić information content (AvgIpc) is 2.07. The molecule has 3 unspecified atom stereocenters. The summed E-state index contributed by atoms with van der Waals surface area (Å²) in [5, 5.41) is 0. The molecule has 3 atom stereocenters. The van der Waals surface area contributed by atoms with Crippen LogP contribution in [-0.4, -0.2) is 26.4 Å². The Morgan fingerprint density at radius 2 is 2.36 bits per heavy atom. The highest BCUT2D eigenvalue weighted by atomic mass is 16.5. The van der Waals surface area contributed by atoms with Crippen LogP contribution >= 0.6 is 0 Å². The number of rotatable bonds is 2. The summed E-state index contributed by atoms with van der Waals surface area (Å²) in [4.78, 5) is 0. The van der Waals surface area contributed by atoms with E-state index in [9.17, 15) is 0 Å². The van der Waals surface area contributed by atoms with Gasteiger partial charge in [-0.25, -0.2) is 0 Å². The van der Waals surface area contributed by atoms with Gasteiger partial charge in [-0.15, -0.1) is 0 Å². The highest BCUT2D eigenvalue weighted by Crippen LogP contribution is 2.37. The van der Waals surface area contributed by atoms with Crippen molar-refractivity contribution >= 4 is 0 Å². The van der Waals surface area contributed by atoms with Crippen molar-refractivity contribution in [2.75, 3.05) is 20.3 Å². The van der Waals surface area contributed by atoms with Crippen LogP contribution in [-0.2, 0) is 9.47 Å². The van der Waals surface area contributed by atoms with Gasteiger partial charge in [-0.1, -0.05) is 0 Å². The van der Waals surface area contributed by atoms with Crippen molar-refractivity contribution in [3.63, 3.8) is 0 Å². The van der Waals surface area contributed by atoms with E-state index in [0.717, 1.165) is 25.0 Å². The zero-order chi connectivity index (χ0) is 7.68. The molecule has 64 valence electrons. The van der Waals surface area contributed by atoms with Crippen molar-refractivity contribution in [1.29, 1.82) is 0 Å². The summed E-state index contributed by atoms with van der Waals surface area (Å²) in [6.07, 6.45) is 4.43. The Bertz CT molecular complexity index is 128. The lowest BCUT2D eigenvalue weighted by Crippen LogP contribution is -2.41. The van der Waals surface area contributed by atoms with Gasteiger partial charge in [-0.3, -0.25) is 0 Å². The summed E-state index contributed by atoms with van der Waals surface area (Å²) in [5.41, 5.74) is 0. The lowest BCUT2D eigenvalue weighted by Gasteiger charge is -2.41. The molecular weight excluding hydrogens is 140 g/mol. The topological polar surface area (TPSA) is 18.5 Å². The Balaban J connectivity index is 1.92. The smallest absolute Gasteiger partial charge is 0.0579 e. The first-order valence-corrected chi connectivity index (χ1v) is 4.50. The second-order valence-corrected chi connectivity index (χ2v) is 3.74. The van der Waals surface area contributed by atoms with Gasteiger partial charge in [0.15, 0.2) is 0 Å². The van der Waals surface area contributed by atoms with E-state index in [-0.39, 0.29) is 0 Å². The van der Waals surface area contributed by atoms with Crippen molar-refractivity contribution < 1.29 is 9.47 Å². The van der Waals surface area contributed by atoms with Crippen LogP contribution in [0.15, 0.2) is 0 Å². The zero-order valence-electron chi connectivity index (χ0n) is 7.08. The van der Waals surface area contributed by atoms with Crippen LogP contribution in [0.4, 0.5) is 0 Å². The first-order chi connectivity index (χ1) is 5.40. The number of fused-ring (bicyclic) bond motifs is 3. The number of hydrogen-bond acceptors (Lipinski definition) is 2. The third kappa shape index (κ3) is 1.42. The Morgan fingerprint density at radius 1 is 1.45 bits per heavy atom. The molecule has 2 saturated heterocycles. The molecule has 0 N–H and O–H groups in total. The molecule has 11 heavy (non-hydrogen) atoms. The van der Waals surface area contributed by atoms with E-state index in [1.807, 2.05) is 0 Å². The highest BCUT2D eigenvalue weighted by molar-refractivity contribution is 4.85. The minimum absolute atomic E-state index is 0.556. The SMILES string of the molecule is COCC1CC2CCC1CO2. The van der Waals surface area contributed by atoms with Crippen molar-refractivity contribution in [1.82, 2.24) is 0 Å². The van der Waals surface area contributed by atoms with Gasteiger partial charge >= 0.3 is 0 Å². The van der Waals surface area contributed by atoms with Gasteiger partial charge in [0, 0.05) is 13.7 Å². The van der Waals surface area contributed by atoms with Crippen LogP contribution < -0.4 is 0 Å². The van der Waals surface area contributed by atoms with Gasteiger partial charge in [-0.2, -0.15) is 0 Å². The first kappa shape index (κ1) is 7.56. The molecule has 2 aliphatic heterocycles. The molecule has 3 fully saturated rings. The van der Waals surface area contributed by atoms with Gasteiger partial charge in [0.2, 0.25) is 0 Å². The molecule has 1 saturated carbocycles. The number of hydrogen-bond donors (Lipinski definition) is 0. The van der Waals surface area contributed by atoms with E-state index in [2.05, 4.69) is 0 Å². The maximum atomic E-state index is 5.60. The summed E-state index contributed by atoms with van der Waals surface area (Å²) in [6.45, 7) is 1.92. The highest BCUT2D eigenvalue weighted by Gasteiger charge is 2.35. The third-order valence-corrected chi connectivity index (χ3v) is 3.02. The molecule has 0 aromatic carbocycles. The Kier molecular flexibility index (Phi) is 2.14. The van der Waals surface area contributed by atoms with E-state index < -0.39 is 0 Å². The monoisotopic (exact) mass is 156 g/mol. The van der Waals surface area contributed by atoms with Crippen molar-refractivity contribution in [3.8, 4) is 0 Å². The van der Waals surface area contributed by atoms with Gasteiger partial charge in [0.1, 0.15) is 0 Å². The maximum absolute atomic E-state index is 5.60. The third-order valence-electron chi connectivity index (χ3n) is 3.02. The maximum Gasteiger partial charge on any atom is 0.0579 e. The minimum Gasteiger partial charge on any atom is -0.384 e. The standard InChI is InChI=1S/C9H16O2/c1-10-5-8-4-9-3-2-7(8)6-11-9/h7-9H,2-6H2,1H3. The lowest BCUT2D eigenvalue weighted by atomic mass is 9.76. The molecule has 2 bridgehead atoms. The lowest BCUT2D eigenvalue weighted by molar-refractivity contribution is -0.106. The normalized spacial score (nSPS) is 42.8. The van der Waals surface area contributed by atoms with Crippen LogP contribution in [0.2, 0.25) is 0 Å². The molecule has 3 rings (SSSR count). The zero-order valence-corrected chi connectivity index (χ0v) is 7.08. The molecule has 0 spiro atoms. The molecule has 0 aromatic rings. The molecule has 2 heterocycles. The Hall–Kier alpha value is -0.0800. The minimum atomic E-state index is 0.556. The van der Waals surface area contributed by atoms with Gasteiger partial charge in [-0.05, 0) is 31.1 Å². The van der Waals surface area contributed by atoms with Crippen LogP contribution in [0, 0.1) is 11.8 Å². The van der Waals surface area contributed by atoms with Gasteiger partial charge in [0.05, 0.1) is 12.7 Å². The molecular formula is C9H16O2. The summed E-state index contributed by atoms with van der Waals surface area (Å²) in [6, 6.07) is 0. The number of methoxy groups -OCH3 is 1. The van der Waals surface area contributed by atoms with Crippen LogP contribution in [0.5, 0.6) is 0 Å². The molecule has 0 radical (unpaired) electrons. The predicted octanol–water partition coefficient (Wildman–Crippen LogP) is 1.45. The van der Waals surface area contributed by atoms with E-state index in [4.69, 9.17) is 9.47 Å². The number of ether oxygens (including phenoxy) is 2. The molecule has 2 heteroatoms. The molecule has 0 aromatic heterocycles. The summed E-state index contributed by atoms with van der Waals surface area (Å²) in [7, 11) is 1.79. The largest absolute Gasteiger partial charge is 0.384 e. The van der Waals surface area contributed by atoms with Gasteiger partial charge < -0.3 is 9.47 Å². The molecule has 1 aliphatic carbocycles. The summed E-state index contributed by atoms with van der Waals surface area (Å²) in [5.74, 6) is 1.58. The first-order valence-electron chi connectivity index (χ1n) is 4.50. The fraction of sp³-hybridized carbons (Fsp3) is 1.00. The van der Waals surface area contributed by atoms with Crippen molar-refractivity contribution in [2.45, 2.75) is 25.4 Å². The van der Waals surface area contributed by atoms with Crippen molar-refractivity contribution in [3.05, 3.63) is 0 Å². The molecule has 0 amide bonds. The van der Waals surface area contributed by atoms with Crippen LogP contribution in [0.3, 0.4) is 0 Å². The average molecular weight is 156 g/mol. The van der Waals surface area contributed by atoms with Crippen molar-refractivity contribution in [2.24, 2.45) is 11.8 Å². The molecule has 3 aliphatic rings. The summed E-state index contributed by atoms with van der Waals surface area (Å²) < 4.78 is 10.8. The van der Waals surface area contributed by atoms with E-state index in [1.54, 1.807) is 7.11 Å². The van der Waals surface area contributed by atoms with Gasteiger partial charge in [0.25, 0.3) is 0 Å². The second kappa shape index (κ2) is 3.11. The van der Waals surface area contributed by atoms with E-state index >= 15 is 0 Å². The van der Waals surface area contributed by atoms with Crippen LogP contribution in [0.25, 0.3) is 0 Å². The molecule has 2 nitrogen and oxygen atoms in total. The second-order valence-electron chi connectivity index (χ2n) is 3.74. The van der Waals surface area contributed by atoms with Crippen LogP contribution in [0.1, 0.15) is 19.3 Å². The quantitative estimate of drug-likeness (QED) is 0.602. The fourth-order valence-corrected chi connectivity index (χ4v) is 2.33. The van der Waals surface area contributed by atoms with E-state index in [1.165, 1.54) is 19.3 Å².